The Morgan fingerprint density at radius 1 is 1.11 bits per heavy atom. The molecule has 0 saturated carbocycles. The van der Waals surface area contributed by atoms with Gasteiger partial charge in [-0.25, -0.2) is 22.0 Å². The topological polar surface area (TPSA) is 54.5 Å². The van der Waals surface area contributed by atoms with Crippen molar-refractivity contribution in [1.29, 1.82) is 0 Å². The summed E-state index contributed by atoms with van der Waals surface area (Å²) in [6.07, 6.45) is 2.51. The predicted molar refractivity (Wildman–Crippen MR) is 137 cm³/mol. The van der Waals surface area contributed by atoms with Crippen LogP contribution in [-0.4, -0.2) is 70.7 Å². The molecule has 3 heterocycles. The Balaban J connectivity index is 1.52. The van der Waals surface area contributed by atoms with Crippen LogP contribution in [0.1, 0.15) is 49.6 Å². The average Bonchev–Trinajstić information content (AvgIpc) is 3.18. The maximum absolute atomic E-state index is 15.7. The Hall–Kier alpha value is -2.69. The van der Waals surface area contributed by atoms with Crippen LogP contribution in [0.25, 0.3) is 10.9 Å². The number of rotatable bonds is 9. The van der Waals surface area contributed by atoms with Gasteiger partial charge in [0.05, 0.1) is 18.6 Å². The number of benzene rings is 2. The van der Waals surface area contributed by atoms with Gasteiger partial charge in [-0.1, -0.05) is 13.3 Å². The van der Waals surface area contributed by atoms with Crippen molar-refractivity contribution >= 4 is 16.6 Å². The molecule has 2 atom stereocenters. The third kappa shape index (κ3) is 5.13. The van der Waals surface area contributed by atoms with Crippen molar-refractivity contribution in [1.82, 2.24) is 14.8 Å². The molecule has 1 aromatic heterocycles. The number of aromatic nitrogens is 1. The van der Waals surface area contributed by atoms with Crippen molar-refractivity contribution in [2.45, 2.75) is 57.2 Å². The number of fused-ring (bicyclic) bond motifs is 3. The maximum atomic E-state index is 15.7. The van der Waals surface area contributed by atoms with Crippen LogP contribution in [0.4, 0.5) is 27.6 Å². The number of H-pyrrole nitrogens is 1. The minimum absolute atomic E-state index is 0.0705. The summed E-state index contributed by atoms with van der Waals surface area (Å²) in [5.74, 6) is -5.69. The monoisotopic (exact) mass is 536 g/mol. The second kappa shape index (κ2) is 10.5. The first-order valence-electron chi connectivity index (χ1n) is 13.1. The van der Waals surface area contributed by atoms with Gasteiger partial charge in [0.1, 0.15) is 24.1 Å². The second-order valence-corrected chi connectivity index (χ2v) is 10.7. The van der Waals surface area contributed by atoms with Crippen molar-refractivity contribution in [2.75, 3.05) is 38.1 Å². The Bertz CT molecular complexity index is 1280. The van der Waals surface area contributed by atoms with Crippen LogP contribution in [0.15, 0.2) is 30.3 Å². The van der Waals surface area contributed by atoms with E-state index in [0.717, 1.165) is 32.5 Å². The Morgan fingerprint density at radius 3 is 2.47 bits per heavy atom. The molecule has 5 rings (SSSR count). The number of hydrogen-bond acceptors (Lipinski definition) is 4. The maximum Gasteiger partial charge on any atom is 0.283 e. The van der Waals surface area contributed by atoms with E-state index >= 15 is 8.78 Å². The number of unbranched alkanes of at least 4 members (excludes halogenated alkanes) is 1. The molecule has 0 amide bonds. The molecule has 3 N–H and O–H groups in total. The number of nitrogens with zero attached hydrogens (tertiary/aromatic N) is 2. The lowest BCUT2D eigenvalue weighted by molar-refractivity contribution is -0.0869. The molecule has 5 nitrogen and oxygen atoms in total. The molecule has 0 radical (unpaired) electrons. The van der Waals surface area contributed by atoms with Crippen LogP contribution in [-0.2, 0) is 6.42 Å². The fourth-order valence-corrected chi connectivity index (χ4v) is 5.80. The Morgan fingerprint density at radius 2 is 1.82 bits per heavy atom. The molecule has 2 aromatic carbocycles. The number of hydrogen-bond donors (Lipinski definition) is 3. The number of likely N-dealkylation sites (tertiary alicyclic amines) is 1. The summed E-state index contributed by atoms with van der Waals surface area (Å²) >= 11 is 0. The van der Waals surface area contributed by atoms with Gasteiger partial charge in [-0.15, -0.1) is 0 Å². The van der Waals surface area contributed by atoms with Crippen LogP contribution in [0.2, 0.25) is 0 Å². The molecule has 206 valence electrons. The lowest BCUT2D eigenvalue weighted by Crippen LogP contribution is -2.54. The van der Waals surface area contributed by atoms with Crippen LogP contribution in [0.5, 0.6) is 0 Å². The van der Waals surface area contributed by atoms with Gasteiger partial charge in [-0.05, 0) is 62.2 Å². The summed E-state index contributed by atoms with van der Waals surface area (Å²) in [5.41, 5.74) is 1.42. The van der Waals surface area contributed by atoms with Crippen LogP contribution < -0.4 is 5.32 Å². The number of aliphatic hydroxyl groups is 1. The summed E-state index contributed by atoms with van der Waals surface area (Å²) in [4.78, 5) is 6.64. The number of anilines is 1. The standard InChI is InChI=1S/C28H33F5N4O/c1-3-4-7-36-12-19(13-36)34-18-10-22(30)25(23(31)11-18)27-26-21(20-6-5-17(29)9-24(20)35-26)8-16(2)37(27)14-28(32,33)15-38/h5-6,9-11,16,19,27,34-35,38H,3-4,7-8,12-15H2,1-2H3/t16-,27-/m1/s1. The van der Waals surface area contributed by atoms with Gasteiger partial charge in [-0.2, -0.15) is 0 Å². The van der Waals surface area contributed by atoms with Gasteiger partial charge in [0, 0.05) is 47.0 Å². The van der Waals surface area contributed by atoms with E-state index in [4.69, 9.17) is 0 Å². The highest BCUT2D eigenvalue weighted by Crippen LogP contribution is 2.44. The molecule has 3 aromatic rings. The zero-order valence-electron chi connectivity index (χ0n) is 21.5. The van der Waals surface area contributed by atoms with E-state index in [-0.39, 0.29) is 11.6 Å². The average molecular weight is 537 g/mol. The van der Waals surface area contributed by atoms with E-state index in [1.165, 1.54) is 29.2 Å². The summed E-state index contributed by atoms with van der Waals surface area (Å²) in [6, 6.07) is 4.90. The largest absolute Gasteiger partial charge is 0.390 e. The van der Waals surface area contributed by atoms with E-state index in [0.29, 0.717) is 34.3 Å². The molecule has 0 unspecified atom stereocenters. The number of alkyl halides is 2. The molecule has 2 aliphatic heterocycles. The fraction of sp³-hybridized carbons (Fsp3) is 0.500. The van der Waals surface area contributed by atoms with Gasteiger partial charge in [0.25, 0.3) is 5.92 Å². The van der Waals surface area contributed by atoms with E-state index in [2.05, 4.69) is 22.1 Å². The number of aliphatic hydroxyl groups excluding tert-OH is 1. The first-order chi connectivity index (χ1) is 18.1. The molecule has 10 heteroatoms. The lowest BCUT2D eigenvalue weighted by atomic mass is 9.87. The quantitative estimate of drug-likeness (QED) is 0.319. The summed E-state index contributed by atoms with van der Waals surface area (Å²) < 4.78 is 74.3. The number of nitrogens with one attached hydrogen (secondary N) is 2. The lowest BCUT2D eigenvalue weighted by Gasteiger charge is -2.42. The smallest absolute Gasteiger partial charge is 0.283 e. The van der Waals surface area contributed by atoms with Crippen LogP contribution in [0, 0.1) is 17.5 Å². The molecule has 1 saturated heterocycles. The minimum Gasteiger partial charge on any atom is -0.390 e. The van der Waals surface area contributed by atoms with Crippen molar-refractivity contribution in [3.8, 4) is 0 Å². The van der Waals surface area contributed by atoms with Crippen LogP contribution >= 0.6 is 0 Å². The van der Waals surface area contributed by atoms with Gasteiger partial charge >= 0.3 is 0 Å². The fourth-order valence-electron chi connectivity index (χ4n) is 5.80. The van der Waals surface area contributed by atoms with Crippen molar-refractivity contribution in [2.24, 2.45) is 0 Å². The Kier molecular flexibility index (Phi) is 7.41. The summed E-state index contributed by atoms with van der Waals surface area (Å²) in [6.45, 7) is 4.10. The van der Waals surface area contributed by atoms with E-state index in [1.807, 2.05) is 0 Å². The minimum atomic E-state index is -3.48. The molecule has 38 heavy (non-hydrogen) atoms. The molecule has 2 aliphatic rings. The van der Waals surface area contributed by atoms with Gasteiger partial charge < -0.3 is 15.4 Å². The Labute approximate surface area is 218 Å². The van der Waals surface area contributed by atoms with Crippen molar-refractivity contribution < 1.29 is 27.1 Å². The van der Waals surface area contributed by atoms with Crippen LogP contribution in [0.3, 0.4) is 0 Å². The number of halogens is 5. The second-order valence-electron chi connectivity index (χ2n) is 10.7. The molecular weight excluding hydrogens is 503 g/mol. The third-order valence-corrected chi connectivity index (χ3v) is 7.73. The zero-order valence-corrected chi connectivity index (χ0v) is 21.5. The highest BCUT2D eigenvalue weighted by Gasteiger charge is 2.43. The molecule has 1 fully saturated rings. The highest BCUT2D eigenvalue weighted by atomic mass is 19.3. The molecule has 0 spiro atoms. The number of aromatic amines is 1. The predicted octanol–water partition coefficient (Wildman–Crippen LogP) is 5.45. The van der Waals surface area contributed by atoms with E-state index in [1.54, 1.807) is 13.0 Å². The molecule has 0 bridgehead atoms. The molecular formula is C28H33F5N4O. The van der Waals surface area contributed by atoms with Gasteiger partial charge in [0.2, 0.25) is 0 Å². The first-order valence-corrected chi connectivity index (χ1v) is 13.1. The SMILES string of the molecule is CCCCN1CC(Nc2cc(F)c([C@@H]3c4[nH]c5cc(F)ccc5c4C[C@@H](C)N3CC(F)(F)CO)c(F)c2)C1. The van der Waals surface area contributed by atoms with Gasteiger partial charge in [-0.3, -0.25) is 9.80 Å². The van der Waals surface area contributed by atoms with Gasteiger partial charge in [0.15, 0.2) is 0 Å². The normalized spacial score (nSPS) is 21.1. The zero-order chi connectivity index (χ0) is 27.2. The summed E-state index contributed by atoms with van der Waals surface area (Å²) in [5, 5.41) is 13.1. The molecule has 0 aliphatic carbocycles. The van der Waals surface area contributed by atoms with Crippen molar-refractivity contribution in [3.05, 3.63) is 64.6 Å². The van der Waals surface area contributed by atoms with Crippen molar-refractivity contribution in [3.63, 3.8) is 0 Å². The summed E-state index contributed by atoms with van der Waals surface area (Å²) in [7, 11) is 0. The highest BCUT2D eigenvalue weighted by molar-refractivity contribution is 5.85. The third-order valence-electron chi connectivity index (χ3n) is 7.73. The van der Waals surface area contributed by atoms with E-state index in [9.17, 15) is 18.3 Å². The van der Waals surface area contributed by atoms with E-state index < -0.39 is 48.6 Å². The first kappa shape index (κ1) is 26.9.